The van der Waals surface area contributed by atoms with Crippen LogP contribution in [0.2, 0.25) is 0 Å². The van der Waals surface area contributed by atoms with Crippen molar-refractivity contribution in [2.45, 2.75) is 32.7 Å². The molecule has 1 heterocycles. The van der Waals surface area contributed by atoms with Gasteiger partial charge in [0.05, 0.1) is 0 Å². The second-order valence-corrected chi connectivity index (χ2v) is 6.60. The van der Waals surface area contributed by atoms with Gasteiger partial charge in [0.25, 0.3) is 5.91 Å². The van der Waals surface area contributed by atoms with Gasteiger partial charge in [-0.15, -0.1) is 0 Å². The molecule has 0 spiro atoms. The lowest BCUT2D eigenvalue weighted by Gasteiger charge is -2.20. The molecule has 0 saturated carbocycles. The first-order valence-electron chi connectivity index (χ1n) is 7.48. The van der Waals surface area contributed by atoms with Crippen LogP contribution in [0.4, 0.5) is 4.39 Å². The Morgan fingerprint density at radius 3 is 2.38 bits per heavy atom. The first-order valence-corrected chi connectivity index (χ1v) is 7.48. The molecule has 0 bridgehead atoms. The Morgan fingerprint density at radius 2 is 1.88 bits per heavy atom. The molecular weight excluding hydrogens is 313 g/mol. The van der Waals surface area contributed by atoms with Gasteiger partial charge in [-0.3, -0.25) is 14.7 Å². The number of carbonyl (C=O) groups excluding carboxylic acids is 1. The number of aromatic amines is 1. The van der Waals surface area contributed by atoms with Gasteiger partial charge < -0.3 is 10.0 Å². The highest BCUT2D eigenvalue weighted by molar-refractivity contribution is 5.94. The third-order valence-electron chi connectivity index (χ3n) is 3.51. The topological polar surface area (TPSA) is 86.3 Å². The van der Waals surface area contributed by atoms with Crippen LogP contribution < -0.4 is 0 Å². The van der Waals surface area contributed by atoms with E-state index in [-0.39, 0.29) is 17.7 Å². The lowest BCUT2D eigenvalue weighted by Crippen LogP contribution is -2.35. The molecule has 2 rings (SSSR count). The normalized spacial score (nSPS) is 11.3. The number of nitrogens with one attached hydrogen (secondary N) is 1. The van der Waals surface area contributed by atoms with Crippen LogP contribution in [-0.2, 0) is 16.8 Å². The number of hydrogen-bond donors (Lipinski definition) is 2. The number of amides is 1. The summed E-state index contributed by atoms with van der Waals surface area (Å²) in [4.78, 5) is 24.8. The highest BCUT2D eigenvalue weighted by Gasteiger charge is 2.24. The van der Waals surface area contributed by atoms with Crippen molar-refractivity contribution in [1.29, 1.82) is 0 Å². The standard InChI is InChI=1S/C17H20FN3O3/c1-17(2,3)14-8-13(19-20-14)16(24)21(10-15(22)23)9-11-4-6-12(18)7-5-11/h4-8H,9-10H2,1-3H3,(H,19,20)(H,22,23). The number of carbonyl (C=O) groups is 2. The maximum absolute atomic E-state index is 13.0. The van der Waals surface area contributed by atoms with Crippen molar-refractivity contribution in [3.05, 3.63) is 53.1 Å². The number of rotatable bonds is 5. The van der Waals surface area contributed by atoms with Gasteiger partial charge in [0, 0.05) is 17.7 Å². The smallest absolute Gasteiger partial charge is 0.323 e. The van der Waals surface area contributed by atoms with Crippen molar-refractivity contribution in [2.75, 3.05) is 6.54 Å². The quantitative estimate of drug-likeness (QED) is 0.880. The zero-order valence-corrected chi connectivity index (χ0v) is 13.8. The molecule has 6 nitrogen and oxygen atoms in total. The van der Waals surface area contributed by atoms with E-state index in [0.717, 1.165) is 10.6 Å². The summed E-state index contributed by atoms with van der Waals surface area (Å²) in [6.07, 6.45) is 0. The van der Waals surface area contributed by atoms with Gasteiger partial charge >= 0.3 is 5.97 Å². The van der Waals surface area contributed by atoms with E-state index in [9.17, 15) is 14.0 Å². The predicted octanol–water partition coefficient (Wildman–Crippen LogP) is 2.57. The van der Waals surface area contributed by atoms with E-state index in [0.29, 0.717) is 5.56 Å². The van der Waals surface area contributed by atoms with Crippen LogP contribution in [0.1, 0.15) is 42.5 Å². The Hall–Kier alpha value is -2.70. The summed E-state index contributed by atoms with van der Waals surface area (Å²) in [6, 6.07) is 7.20. The zero-order valence-electron chi connectivity index (χ0n) is 13.8. The van der Waals surface area contributed by atoms with Gasteiger partial charge in [0.1, 0.15) is 18.1 Å². The lowest BCUT2D eigenvalue weighted by molar-refractivity contribution is -0.137. The minimum Gasteiger partial charge on any atom is -0.480 e. The molecule has 0 aliphatic rings. The number of carboxylic acid groups (broad SMARTS) is 1. The third kappa shape index (κ3) is 4.41. The fourth-order valence-corrected chi connectivity index (χ4v) is 2.15. The van der Waals surface area contributed by atoms with Gasteiger partial charge in [-0.2, -0.15) is 5.10 Å². The number of hydrogen-bond acceptors (Lipinski definition) is 3. The summed E-state index contributed by atoms with van der Waals surface area (Å²) in [7, 11) is 0. The summed E-state index contributed by atoms with van der Waals surface area (Å²) in [5, 5.41) is 15.9. The number of nitrogens with zero attached hydrogens (tertiary/aromatic N) is 2. The first-order chi connectivity index (χ1) is 11.2. The monoisotopic (exact) mass is 333 g/mol. The maximum atomic E-state index is 13.0. The molecule has 0 aliphatic carbocycles. The average Bonchev–Trinajstić information content (AvgIpc) is 2.97. The third-order valence-corrected chi connectivity index (χ3v) is 3.51. The number of H-pyrrole nitrogens is 1. The Labute approximate surface area is 139 Å². The summed E-state index contributed by atoms with van der Waals surface area (Å²) in [5.41, 5.74) is 1.36. The Bertz CT molecular complexity index is 732. The number of carboxylic acids is 1. The fraction of sp³-hybridized carbons (Fsp3) is 0.353. The fourth-order valence-electron chi connectivity index (χ4n) is 2.15. The molecule has 1 aromatic heterocycles. The summed E-state index contributed by atoms with van der Waals surface area (Å²) in [5.74, 6) is -2.01. The van der Waals surface area contributed by atoms with Crippen LogP contribution in [0.3, 0.4) is 0 Å². The van der Waals surface area contributed by atoms with Gasteiger partial charge in [-0.25, -0.2) is 4.39 Å². The molecule has 0 saturated heterocycles. The number of benzene rings is 1. The molecule has 24 heavy (non-hydrogen) atoms. The number of aliphatic carboxylic acids is 1. The predicted molar refractivity (Wildman–Crippen MR) is 86.1 cm³/mol. The summed E-state index contributed by atoms with van der Waals surface area (Å²) < 4.78 is 13.0. The van der Waals surface area contributed by atoms with Gasteiger partial charge in [-0.1, -0.05) is 32.9 Å². The largest absolute Gasteiger partial charge is 0.480 e. The van der Waals surface area contributed by atoms with Crippen molar-refractivity contribution in [3.8, 4) is 0 Å². The van der Waals surface area contributed by atoms with E-state index >= 15 is 0 Å². The molecule has 7 heteroatoms. The zero-order chi connectivity index (χ0) is 17.9. The van der Waals surface area contributed by atoms with Gasteiger partial charge in [0.2, 0.25) is 0 Å². The van der Waals surface area contributed by atoms with Crippen LogP contribution in [0, 0.1) is 5.82 Å². The maximum Gasteiger partial charge on any atom is 0.323 e. The Morgan fingerprint density at radius 1 is 1.25 bits per heavy atom. The van der Waals surface area contributed by atoms with Crippen LogP contribution in [-0.4, -0.2) is 38.6 Å². The Kier molecular flexibility index (Phi) is 5.02. The van der Waals surface area contributed by atoms with Gasteiger partial charge in [-0.05, 0) is 23.8 Å². The summed E-state index contributed by atoms with van der Waals surface area (Å²) in [6.45, 7) is 5.52. The molecule has 128 valence electrons. The van der Waals surface area contributed by atoms with Crippen molar-refractivity contribution >= 4 is 11.9 Å². The van der Waals surface area contributed by atoms with E-state index < -0.39 is 24.2 Å². The second-order valence-electron chi connectivity index (χ2n) is 6.60. The molecule has 2 N–H and O–H groups in total. The van der Waals surface area contributed by atoms with Crippen LogP contribution in [0.5, 0.6) is 0 Å². The molecule has 0 atom stereocenters. The minimum absolute atomic E-state index is 0.0587. The minimum atomic E-state index is -1.13. The summed E-state index contributed by atoms with van der Waals surface area (Å²) >= 11 is 0. The highest BCUT2D eigenvalue weighted by atomic mass is 19.1. The van der Waals surface area contributed by atoms with E-state index in [1.807, 2.05) is 20.8 Å². The molecule has 2 aromatic rings. The van der Waals surface area contributed by atoms with Crippen LogP contribution >= 0.6 is 0 Å². The molecule has 0 fully saturated rings. The highest BCUT2D eigenvalue weighted by Crippen LogP contribution is 2.21. The van der Waals surface area contributed by atoms with E-state index in [4.69, 9.17) is 5.11 Å². The van der Waals surface area contributed by atoms with Crippen molar-refractivity contribution in [2.24, 2.45) is 0 Å². The van der Waals surface area contributed by atoms with Crippen molar-refractivity contribution in [3.63, 3.8) is 0 Å². The number of aromatic nitrogens is 2. The van der Waals surface area contributed by atoms with Crippen molar-refractivity contribution < 1.29 is 19.1 Å². The molecule has 0 unspecified atom stereocenters. The van der Waals surface area contributed by atoms with Crippen LogP contribution in [0.15, 0.2) is 30.3 Å². The van der Waals surface area contributed by atoms with E-state index in [2.05, 4.69) is 10.2 Å². The lowest BCUT2D eigenvalue weighted by atomic mass is 9.92. The second kappa shape index (κ2) is 6.82. The average molecular weight is 333 g/mol. The SMILES string of the molecule is CC(C)(C)c1cc(C(=O)N(CC(=O)O)Cc2ccc(F)cc2)n[nH]1. The Balaban J connectivity index is 2.23. The molecule has 1 amide bonds. The van der Waals surface area contributed by atoms with Crippen LogP contribution in [0.25, 0.3) is 0 Å². The van der Waals surface area contributed by atoms with Crippen molar-refractivity contribution in [1.82, 2.24) is 15.1 Å². The van der Waals surface area contributed by atoms with Gasteiger partial charge in [0.15, 0.2) is 0 Å². The molecule has 0 aliphatic heterocycles. The molecule has 0 radical (unpaired) electrons. The number of halogens is 1. The first kappa shape index (κ1) is 17.7. The van der Waals surface area contributed by atoms with E-state index in [1.54, 1.807) is 6.07 Å². The molecular formula is C17H20FN3O3. The van der Waals surface area contributed by atoms with E-state index in [1.165, 1.54) is 24.3 Å². The molecule has 1 aromatic carbocycles.